The van der Waals surface area contributed by atoms with Gasteiger partial charge in [0, 0.05) is 19.5 Å². The first-order valence-electron chi connectivity index (χ1n) is 7.17. The fourth-order valence-corrected chi connectivity index (χ4v) is 3.26. The lowest BCUT2D eigenvalue weighted by atomic mass is 10.2. The van der Waals surface area contributed by atoms with E-state index in [2.05, 4.69) is 4.98 Å². The molecule has 1 amide bonds. The number of amides is 1. The molecule has 0 aliphatic rings. The molecule has 0 bridgehead atoms. The van der Waals surface area contributed by atoms with Gasteiger partial charge in [-0.05, 0) is 12.5 Å². The number of carbonyl (C=O) groups excluding carboxylic acids is 1. The predicted octanol–water partition coefficient (Wildman–Crippen LogP) is 1.47. The van der Waals surface area contributed by atoms with Crippen molar-refractivity contribution in [3.8, 4) is 0 Å². The van der Waals surface area contributed by atoms with Gasteiger partial charge in [-0.1, -0.05) is 30.3 Å². The topological polar surface area (TPSA) is 73.7 Å². The van der Waals surface area contributed by atoms with E-state index in [0.29, 0.717) is 17.0 Å². The molecule has 2 N–H and O–H groups in total. The molecule has 118 valence electrons. The number of carbonyl (C=O) groups is 1. The number of rotatable bonds is 7. The van der Waals surface area contributed by atoms with Crippen molar-refractivity contribution in [2.75, 3.05) is 26.3 Å². The van der Waals surface area contributed by atoms with Crippen molar-refractivity contribution in [2.45, 2.75) is 13.3 Å². The van der Waals surface area contributed by atoms with Crippen LogP contribution in [0.2, 0.25) is 0 Å². The van der Waals surface area contributed by atoms with Crippen LogP contribution in [0, 0.1) is 6.92 Å². The molecule has 0 unspecified atom stereocenters. The second-order valence-corrected chi connectivity index (χ2v) is 6.01. The molecular formula is C16H20N2O3S. The Bertz CT molecular complexity index is 607. The Morgan fingerprint density at radius 2 is 1.82 bits per heavy atom. The molecule has 6 heteroatoms. The van der Waals surface area contributed by atoms with Gasteiger partial charge in [0.2, 0.25) is 0 Å². The quantitative estimate of drug-likeness (QED) is 0.810. The first-order chi connectivity index (χ1) is 10.7. The predicted molar refractivity (Wildman–Crippen MR) is 86.2 cm³/mol. The Kier molecular flexibility index (Phi) is 6.06. The molecule has 5 nitrogen and oxygen atoms in total. The van der Waals surface area contributed by atoms with Gasteiger partial charge < -0.3 is 15.1 Å². The second-order valence-electron chi connectivity index (χ2n) is 4.92. The van der Waals surface area contributed by atoms with Gasteiger partial charge in [0.1, 0.15) is 4.88 Å². The van der Waals surface area contributed by atoms with Gasteiger partial charge in [0.15, 0.2) is 0 Å². The van der Waals surface area contributed by atoms with E-state index in [4.69, 9.17) is 10.2 Å². The highest BCUT2D eigenvalue weighted by atomic mass is 32.1. The van der Waals surface area contributed by atoms with Gasteiger partial charge >= 0.3 is 0 Å². The summed E-state index contributed by atoms with van der Waals surface area (Å²) in [7, 11) is 0. The third kappa shape index (κ3) is 4.13. The molecule has 0 spiro atoms. The Labute approximate surface area is 133 Å². The number of aryl methyl sites for hydroxylation is 1. The number of hydrogen-bond donors (Lipinski definition) is 2. The lowest BCUT2D eigenvalue weighted by molar-refractivity contribution is 0.0688. The molecule has 2 rings (SSSR count). The highest BCUT2D eigenvalue weighted by Gasteiger charge is 2.21. The Balaban J connectivity index is 2.16. The average Bonchev–Trinajstić information content (AvgIpc) is 2.88. The van der Waals surface area contributed by atoms with E-state index in [1.54, 1.807) is 0 Å². The van der Waals surface area contributed by atoms with Crippen LogP contribution in [0.4, 0.5) is 0 Å². The summed E-state index contributed by atoms with van der Waals surface area (Å²) in [5, 5.41) is 19.0. The highest BCUT2D eigenvalue weighted by molar-refractivity contribution is 7.13. The van der Waals surface area contributed by atoms with Gasteiger partial charge in [0.05, 0.1) is 23.9 Å². The number of aliphatic hydroxyl groups excluding tert-OH is 2. The van der Waals surface area contributed by atoms with Gasteiger partial charge in [-0.25, -0.2) is 4.98 Å². The summed E-state index contributed by atoms with van der Waals surface area (Å²) in [6, 6.07) is 9.98. The van der Waals surface area contributed by atoms with Crippen LogP contribution in [0.25, 0.3) is 0 Å². The van der Waals surface area contributed by atoms with E-state index >= 15 is 0 Å². The highest BCUT2D eigenvalue weighted by Crippen LogP contribution is 2.22. The minimum atomic E-state index is -0.183. The summed E-state index contributed by atoms with van der Waals surface area (Å²) in [4.78, 5) is 19.0. The molecule has 1 heterocycles. The zero-order valence-electron chi connectivity index (χ0n) is 12.5. The van der Waals surface area contributed by atoms with Crippen molar-refractivity contribution in [3.05, 3.63) is 51.5 Å². The van der Waals surface area contributed by atoms with Crippen LogP contribution in [-0.4, -0.2) is 52.3 Å². The summed E-state index contributed by atoms with van der Waals surface area (Å²) in [6.45, 7) is 1.99. The van der Waals surface area contributed by atoms with Gasteiger partial charge in [-0.15, -0.1) is 11.3 Å². The van der Waals surface area contributed by atoms with Crippen molar-refractivity contribution in [2.24, 2.45) is 0 Å². The van der Waals surface area contributed by atoms with Crippen molar-refractivity contribution in [1.29, 1.82) is 0 Å². The molecule has 0 radical (unpaired) electrons. The van der Waals surface area contributed by atoms with Crippen LogP contribution in [-0.2, 0) is 6.42 Å². The zero-order valence-corrected chi connectivity index (χ0v) is 13.3. The van der Waals surface area contributed by atoms with Crippen LogP contribution < -0.4 is 0 Å². The lowest BCUT2D eigenvalue weighted by Gasteiger charge is -2.19. The zero-order chi connectivity index (χ0) is 15.9. The molecule has 0 aliphatic carbocycles. The van der Waals surface area contributed by atoms with Crippen molar-refractivity contribution >= 4 is 17.2 Å². The maximum atomic E-state index is 12.5. The van der Waals surface area contributed by atoms with Crippen LogP contribution in [0.3, 0.4) is 0 Å². The maximum absolute atomic E-state index is 12.5. The van der Waals surface area contributed by atoms with Crippen LogP contribution in [0.15, 0.2) is 30.3 Å². The lowest BCUT2D eigenvalue weighted by Crippen LogP contribution is -2.35. The smallest absolute Gasteiger partial charge is 0.266 e. The first kappa shape index (κ1) is 16.6. The van der Waals surface area contributed by atoms with Gasteiger partial charge in [-0.2, -0.15) is 0 Å². The summed E-state index contributed by atoms with van der Waals surface area (Å²) in [5.74, 6) is -0.183. The largest absolute Gasteiger partial charge is 0.395 e. The SMILES string of the molecule is Cc1nc(Cc2ccccc2)sc1C(=O)N(CCO)CCO. The Hall–Kier alpha value is -1.76. The fourth-order valence-electron chi connectivity index (χ4n) is 2.20. The number of benzene rings is 1. The summed E-state index contributed by atoms with van der Waals surface area (Å²) in [5.41, 5.74) is 1.85. The third-order valence-corrected chi connectivity index (χ3v) is 4.41. The Morgan fingerprint density at radius 3 is 2.41 bits per heavy atom. The van der Waals surface area contributed by atoms with Gasteiger partial charge in [0.25, 0.3) is 5.91 Å². The molecule has 1 aromatic heterocycles. The first-order valence-corrected chi connectivity index (χ1v) is 7.98. The summed E-state index contributed by atoms with van der Waals surface area (Å²) < 4.78 is 0. The number of nitrogens with zero attached hydrogens (tertiary/aromatic N) is 2. The van der Waals surface area contributed by atoms with Crippen LogP contribution in [0.5, 0.6) is 0 Å². The van der Waals surface area contributed by atoms with E-state index in [0.717, 1.165) is 10.6 Å². The monoisotopic (exact) mass is 320 g/mol. The fraction of sp³-hybridized carbons (Fsp3) is 0.375. The normalized spacial score (nSPS) is 10.7. The van der Waals surface area contributed by atoms with Crippen molar-refractivity contribution in [3.63, 3.8) is 0 Å². The summed E-state index contributed by atoms with van der Waals surface area (Å²) in [6.07, 6.45) is 0.694. The molecular weight excluding hydrogens is 300 g/mol. The van der Waals surface area contributed by atoms with Crippen molar-refractivity contribution in [1.82, 2.24) is 9.88 Å². The van der Waals surface area contributed by atoms with E-state index in [9.17, 15) is 4.79 Å². The molecule has 0 atom stereocenters. The van der Waals surface area contributed by atoms with Crippen LogP contribution in [0.1, 0.15) is 25.9 Å². The molecule has 1 aromatic carbocycles. The van der Waals surface area contributed by atoms with Gasteiger partial charge in [-0.3, -0.25) is 4.79 Å². The Morgan fingerprint density at radius 1 is 1.18 bits per heavy atom. The minimum Gasteiger partial charge on any atom is -0.395 e. The number of aliphatic hydroxyl groups is 2. The standard InChI is InChI=1S/C16H20N2O3S/c1-12-15(16(21)18(7-9-19)8-10-20)22-14(17-12)11-13-5-3-2-4-6-13/h2-6,19-20H,7-11H2,1H3. The van der Waals surface area contributed by atoms with E-state index < -0.39 is 0 Å². The molecule has 2 aromatic rings. The van der Waals surface area contributed by atoms with Crippen molar-refractivity contribution < 1.29 is 15.0 Å². The van der Waals surface area contributed by atoms with E-state index in [1.165, 1.54) is 16.2 Å². The molecule has 0 aliphatic heterocycles. The number of thiazole rings is 1. The number of hydrogen-bond acceptors (Lipinski definition) is 5. The third-order valence-electron chi connectivity index (χ3n) is 3.26. The second kappa shape index (κ2) is 8.03. The molecule has 0 saturated carbocycles. The molecule has 0 fully saturated rings. The molecule has 22 heavy (non-hydrogen) atoms. The summed E-state index contributed by atoms with van der Waals surface area (Å²) >= 11 is 1.38. The average molecular weight is 320 g/mol. The maximum Gasteiger partial charge on any atom is 0.266 e. The molecule has 0 saturated heterocycles. The van der Waals surface area contributed by atoms with Crippen LogP contribution >= 0.6 is 11.3 Å². The minimum absolute atomic E-state index is 0.125. The van der Waals surface area contributed by atoms with E-state index in [-0.39, 0.29) is 32.2 Å². The van der Waals surface area contributed by atoms with E-state index in [1.807, 2.05) is 37.3 Å². The number of aromatic nitrogens is 1.